The average Bonchev–Trinajstić information content (AvgIpc) is 2.86. The third-order valence-corrected chi connectivity index (χ3v) is 6.65. The monoisotopic (exact) mass is 390 g/mol. The molecule has 9 heteroatoms. The van der Waals surface area contributed by atoms with E-state index in [2.05, 4.69) is 10.9 Å². The summed E-state index contributed by atoms with van der Waals surface area (Å²) in [5.74, 6) is 0.226. The maximum absolute atomic E-state index is 11.7. The van der Waals surface area contributed by atoms with Crippen LogP contribution in [0.4, 0.5) is 0 Å². The molecule has 1 aromatic carbocycles. The highest BCUT2D eigenvalue weighted by molar-refractivity contribution is 7.99. The quantitative estimate of drug-likeness (QED) is 0.719. The first kappa shape index (κ1) is 19.1. The Morgan fingerprint density at radius 3 is 2.46 bits per heavy atom. The van der Waals surface area contributed by atoms with Crippen LogP contribution in [0, 0.1) is 5.92 Å². The summed E-state index contributed by atoms with van der Waals surface area (Å²) in [5.41, 5.74) is 5.73. The first-order chi connectivity index (χ1) is 11.3. The lowest BCUT2D eigenvalue weighted by Gasteiger charge is -2.10. The number of hydrogen-bond donors (Lipinski definition) is 2. The van der Waals surface area contributed by atoms with Gasteiger partial charge in [-0.2, -0.15) is 0 Å². The molecule has 0 saturated carbocycles. The van der Waals surface area contributed by atoms with Crippen molar-refractivity contribution in [3.63, 3.8) is 0 Å². The highest BCUT2D eigenvalue weighted by Gasteiger charge is 2.29. The smallest absolute Gasteiger partial charge is 0.248 e. The molecule has 1 fully saturated rings. The van der Waals surface area contributed by atoms with Gasteiger partial charge in [0.15, 0.2) is 9.84 Å². The maximum Gasteiger partial charge on any atom is 0.248 e. The molecule has 2 N–H and O–H groups in total. The van der Waals surface area contributed by atoms with Crippen LogP contribution in [0.1, 0.15) is 18.4 Å². The summed E-state index contributed by atoms with van der Waals surface area (Å²) in [6.07, 6.45) is 0.609. The molecule has 2 amide bonds. The van der Waals surface area contributed by atoms with Gasteiger partial charge in [-0.3, -0.25) is 20.4 Å². The van der Waals surface area contributed by atoms with Crippen molar-refractivity contribution in [1.82, 2.24) is 10.9 Å². The van der Waals surface area contributed by atoms with Crippen molar-refractivity contribution in [1.29, 1.82) is 0 Å². The van der Waals surface area contributed by atoms with Crippen molar-refractivity contribution in [3.05, 3.63) is 34.9 Å². The summed E-state index contributed by atoms with van der Waals surface area (Å²) in [4.78, 5) is 23.4. The first-order valence-electron chi connectivity index (χ1n) is 7.44. The minimum absolute atomic E-state index is 0.0469. The van der Waals surface area contributed by atoms with E-state index >= 15 is 0 Å². The zero-order valence-corrected chi connectivity index (χ0v) is 15.3. The number of benzene rings is 1. The van der Waals surface area contributed by atoms with Gasteiger partial charge >= 0.3 is 0 Å². The molecule has 0 aliphatic carbocycles. The van der Waals surface area contributed by atoms with E-state index < -0.39 is 9.84 Å². The number of amides is 2. The van der Waals surface area contributed by atoms with Crippen molar-refractivity contribution >= 4 is 45.0 Å². The van der Waals surface area contributed by atoms with E-state index in [-0.39, 0.29) is 41.4 Å². The summed E-state index contributed by atoms with van der Waals surface area (Å²) in [5, 5.41) is 0.666. The van der Waals surface area contributed by atoms with Crippen LogP contribution in [-0.2, 0) is 25.2 Å². The van der Waals surface area contributed by atoms with E-state index in [0.717, 1.165) is 5.56 Å². The van der Waals surface area contributed by atoms with E-state index in [0.29, 0.717) is 17.2 Å². The molecule has 0 unspecified atom stereocenters. The Labute approximate surface area is 150 Å². The summed E-state index contributed by atoms with van der Waals surface area (Å²) < 4.78 is 22.7. The van der Waals surface area contributed by atoms with Crippen molar-refractivity contribution in [2.24, 2.45) is 5.92 Å². The number of sulfone groups is 1. The van der Waals surface area contributed by atoms with Gasteiger partial charge in [-0.1, -0.05) is 23.7 Å². The molecule has 132 valence electrons. The van der Waals surface area contributed by atoms with Crippen LogP contribution in [0.15, 0.2) is 24.3 Å². The molecule has 0 bridgehead atoms. The number of nitrogens with one attached hydrogen (secondary N) is 2. The van der Waals surface area contributed by atoms with Crippen LogP contribution in [0.2, 0.25) is 5.02 Å². The molecule has 0 aromatic heterocycles. The molecular formula is C15H19ClN2O4S2. The van der Waals surface area contributed by atoms with Crippen LogP contribution in [0.3, 0.4) is 0 Å². The second kappa shape index (κ2) is 8.73. The Balaban J connectivity index is 1.60. The summed E-state index contributed by atoms with van der Waals surface area (Å²) in [6.45, 7) is 0. The average molecular weight is 391 g/mol. The van der Waals surface area contributed by atoms with Crippen molar-refractivity contribution < 1.29 is 18.0 Å². The van der Waals surface area contributed by atoms with E-state index in [1.165, 1.54) is 11.8 Å². The van der Waals surface area contributed by atoms with Crippen LogP contribution < -0.4 is 10.9 Å². The van der Waals surface area contributed by atoms with Crippen LogP contribution in [-0.4, -0.2) is 37.5 Å². The van der Waals surface area contributed by atoms with Crippen molar-refractivity contribution in [2.75, 3.05) is 17.3 Å². The Hall–Kier alpha value is -1.25. The molecule has 0 radical (unpaired) electrons. The molecule has 6 nitrogen and oxygen atoms in total. The number of carbonyl (C=O) groups excluding carboxylic acids is 2. The van der Waals surface area contributed by atoms with E-state index in [1.54, 1.807) is 12.1 Å². The van der Waals surface area contributed by atoms with Gasteiger partial charge in [0.05, 0.1) is 17.3 Å². The fourth-order valence-corrected chi connectivity index (χ4v) is 5.14. The molecule has 24 heavy (non-hydrogen) atoms. The molecule has 1 saturated heterocycles. The fourth-order valence-electron chi connectivity index (χ4n) is 2.36. The molecule has 1 heterocycles. The van der Waals surface area contributed by atoms with Gasteiger partial charge in [0.25, 0.3) is 0 Å². The van der Waals surface area contributed by atoms with Crippen molar-refractivity contribution in [3.8, 4) is 0 Å². The zero-order valence-electron chi connectivity index (χ0n) is 13.0. The number of hydrogen-bond acceptors (Lipinski definition) is 5. The summed E-state index contributed by atoms with van der Waals surface area (Å²) in [7, 11) is -2.99. The van der Waals surface area contributed by atoms with Gasteiger partial charge in [0, 0.05) is 17.2 Å². The number of carbonyl (C=O) groups is 2. The van der Waals surface area contributed by atoms with Gasteiger partial charge < -0.3 is 0 Å². The van der Waals surface area contributed by atoms with Crippen molar-refractivity contribution in [2.45, 2.75) is 18.6 Å². The van der Waals surface area contributed by atoms with Crippen LogP contribution in [0.25, 0.3) is 0 Å². The molecule has 1 aliphatic heterocycles. The maximum atomic E-state index is 11.7. The van der Waals surface area contributed by atoms with Crippen LogP contribution in [0.5, 0.6) is 0 Å². The third-order valence-electron chi connectivity index (χ3n) is 3.56. The highest BCUT2D eigenvalue weighted by Crippen LogP contribution is 2.21. The summed E-state index contributed by atoms with van der Waals surface area (Å²) >= 11 is 7.22. The number of thioether (sulfide) groups is 1. The first-order valence-corrected chi connectivity index (χ1v) is 10.8. The second-order valence-corrected chi connectivity index (χ2v) is 9.34. The van der Waals surface area contributed by atoms with Gasteiger partial charge in [-0.15, -0.1) is 11.8 Å². The number of halogens is 1. The lowest BCUT2D eigenvalue weighted by molar-refractivity contribution is -0.128. The minimum atomic E-state index is -2.99. The highest BCUT2D eigenvalue weighted by atomic mass is 35.5. The predicted octanol–water partition coefficient (Wildman–Crippen LogP) is 1.55. The lowest BCUT2D eigenvalue weighted by atomic mass is 10.1. The van der Waals surface area contributed by atoms with Gasteiger partial charge in [-0.05, 0) is 30.0 Å². The molecule has 1 aliphatic rings. The third kappa shape index (κ3) is 6.70. The molecular weight excluding hydrogens is 372 g/mol. The molecule has 2 rings (SSSR count). The number of hydrazine groups is 1. The Morgan fingerprint density at radius 2 is 1.83 bits per heavy atom. The second-order valence-electron chi connectivity index (χ2n) is 5.69. The van der Waals surface area contributed by atoms with E-state index in [9.17, 15) is 18.0 Å². The minimum Gasteiger partial charge on any atom is -0.273 e. The molecule has 0 spiro atoms. The largest absolute Gasteiger partial charge is 0.273 e. The number of rotatable bonds is 6. The standard InChI is InChI=1S/C15H19ClN2O4S2/c16-13-3-1-11(2-4-13)8-23-9-15(20)18-17-14(19)7-12-5-6-24(21,22)10-12/h1-4,12H,5-10H2,(H,17,19)(H,18,20)/t12-/m0/s1. The molecule has 1 aromatic rings. The molecule has 1 atom stereocenters. The van der Waals surface area contributed by atoms with E-state index in [1.807, 2.05) is 12.1 Å². The van der Waals surface area contributed by atoms with Gasteiger partial charge in [0.2, 0.25) is 11.8 Å². The Bertz CT molecular complexity index is 692. The van der Waals surface area contributed by atoms with Gasteiger partial charge in [-0.25, -0.2) is 8.42 Å². The Kier molecular flexibility index (Phi) is 6.94. The summed E-state index contributed by atoms with van der Waals surface area (Å²) in [6, 6.07) is 7.37. The van der Waals surface area contributed by atoms with Crippen LogP contribution >= 0.6 is 23.4 Å². The normalized spacial score (nSPS) is 19.0. The zero-order chi connectivity index (χ0) is 17.6. The van der Waals surface area contributed by atoms with Gasteiger partial charge in [0.1, 0.15) is 0 Å². The predicted molar refractivity (Wildman–Crippen MR) is 95.3 cm³/mol. The van der Waals surface area contributed by atoms with E-state index in [4.69, 9.17) is 11.6 Å². The topological polar surface area (TPSA) is 92.3 Å². The lowest BCUT2D eigenvalue weighted by Crippen LogP contribution is -2.43. The SMILES string of the molecule is O=C(CSCc1ccc(Cl)cc1)NNC(=O)C[C@@H]1CCS(=O)(=O)C1. The Morgan fingerprint density at radius 1 is 1.17 bits per heavy atom. The fraction of sp³-hybridized carbons (Fsp3) is 0.467.